The number of nitrogens with one attached hydrogen (secondary N) is 2. The molecular weight excluding hydrogens is 423 g/mol. The summed E-state index contributed by atoms with van der Waals surface area (Å²) < 4.78 is 5.64. The highest BCUT2D eigenvalue weighted by Crippen LogP contribution is 2.37. The Morgan fingerprint density at radius 1 is 1.22 bits per heavy atom. The topological polar surface area (TPSA) is 50.4 Å². The third-order valence-corrected chi connectivity index (χ3v) is 5.97. The third-order valence-electron chi connectivity index (χ3n) is 3.85. The number of ether oxygens (including phenoxy) is 1. The highest BCUT2D eigenvalue weighted by molar-refractivity contribution is 7.80. The Morgan fingerprint density at radius 3 is 2.78 bits per heavy atom. The largest absolute Gasteiger partial charge is 0.465 e. The maximum absolute atomic E-state index is 11.8. The normalized spacial score (nSPS) is 10.6. The number of hydrogen-bond donors (Lipinski definition) is 2. The molecule has 0 unspecified atom stereocenters. The van der Waals surface area contributed by atoms with Crippen molar-refractivity contribution in [1.29, 1.82) is 0 Å². The fraction of sp³-hybridized carbons (Fsp3) is 0.158. The predicted molar refractivity (Wildman–Crippen MR) is 118 cm³/mol. The second-order valence-corrected chi connectivity index (χ2v) is 7.98. The van der Waals surface area contributed by atoms with Gasteiger partial charge in [0.05, 0.1) is 12.1 Å². The van der Waals surface area contributed by atoms with Crippen LogP contribution in [0.5, 0.6) is 0 Å². The zero-order valence-corrected chi connectivity index (χ0v) is 17.5. The number of thiophene rings is 1. The maximum atomic E-state index is 11.8. The van der Waals surface area contributed by atoms with Gasteiger partial charge in [0, 0.05) is 27.3 Å². The highest BCUT2D eigenvalue weighted by Gasteiger charge is 2.17. The van der Waals surface area contributed by atoms with E-state index in [-0.39, 0.29) is 0 Å². The summed E-state index contributed by atoms with van der Waals surface area (Å²) in [7, 11) is 1.34. The summed E-state index contributed by atoms with van der Waals surface area (Å²) in [6.07, 6.45) is 0.810. The van der Waals surface area contributed by atoms with Gasteiger partial charge in [-0.1, -0.05) is 35.3 Å². The molecule has 3 aromatic rings. The summed E-state index contributed by atoms with van der Waals surface area (Å²) in [4.78, 5) is 12.2. The lowest BCUT2D eigenvalue weighted by Gasteiger charge is -2.11. The van der Waals surface area contributed by atoms with Gasteiger partial charge < -0.3 is 15.4 Å². The summed E-state index contributed by atoms with van der Waals surface area (Å²) in [6.45, 7) is 0.686. The van der Waals surface area contributed by atoms with E-state index in [9.17, 15) is 4.79 Å². The molecule has 140 valence electrons. The summed E-state index contributed by atoms with van der Waals surface area (Å²) in [5.74, 6) is -0.436. The fourth-order valence-electron chi connectivity index (χ4n) is 2.56. The molecule has 0 aliphatic heterocycles. The van der Waals surface area contributed by atoms with Crippen molar-refractivity contribution >= 4 is 73.6 Å². The Kier molecular flexibility index (Phi) is 6.55. The van der Waals surface area contributed by atoms with Crippen LogP contribution in [0.15, 0.2) is 42.5 Å². The molecule has 0 saturated carbocycles. The van der Waals surface area contributed by atoms with E-state index in [1.807, 2.05) is 42.5 Å². The van der Waals surface area contributed by atoms with E-state index in [2.05, 4.69) is 10.6 Å². The van der Waals surface area contributed by atoms with Crippen molar-refractivity contribution in [1.82, 2.24) is 5.32 Å². The SMILES string of the molecule is COC(=O)c1sc2cc(NC(=S)NCCc3cccc(Cl)c3)ccc2c1Cl. The number of methoxy groups -OCH3 is 1. The molecule has 2 aromatic carbocycles. The predicted octanol–water partition coefficient (Wildman–Crippen LogP) is 5.52. The standard InChI is InChI=1S/C19H16Cl2N2O2S2/c1-25-18(24)17-16(21)14-6-5-13(10-15(14)27-17)23-19(26)22-8-7-11-3-2-4-12(20)9-11/h2-6,9-10H,7-8H2,1H3,(H2,22,23,26). The smallest absolute Gasteiger partial charge is 0.349 e. The van der Waals surface area contributed by atoms with Gasteiger partial charge in [-0.05, 0) is 54.5 Å². The van der Waals surface area contributed by atoms with E-state index in [1.54, 1.807) is 0 Å². The summed E-state index contributed by atoms with van der Waals surface area (Å²) >= 11 is 18.9. The zero-order valence-electron chi connectivity index (χ0n) is 14.3. The molecule has 0 aliphatic carbocycles. The molecule has 1 heterocycles. The Hall–Kier alpha value is -1.86. The van der Waals surface area contributed by atoms with E-state index in [0.717, 1.165) is 32.8 Å². The summed E-state index contributed by atoms with van der Waals surface area (Å²) in [5.41, 5.74) is 1.96. The van der Waals surface area contributed by atoms with Crippen molar-refractivity contribution in [3.63, 3.8) is 0 Å². The van der Waals surface area contributed by atoms with Crippen molar-refractivity contribution < 1.29 is 9.53 Å². The monoisotopic (exact) mass is 438 g/mol. The van der Waals surface area contributed by atoms with Crippen molar-refractivity contribution in [2.24, 2.45) is 0 Å². The molecule has 8 heteroatoms. The number of fused-ring (bicyclic) bond motifs is 1. The number of esters is 1. The van der Waals surface area contributed by atoms with Crippen molar-refractivity contribution in [2.75, 3.05) is 19.0 Å². The first-order chi connectivity index (χ1) is 13.0. The lowest BCUT2D eigenvalue weighted by atomic mass is 10.1. The Balaban J connectivity index is 1.62. The first-order valence-electron chi connectivity index (χ1n) is 8.07. The second kappa shape index (κ2) is 8.89. The van der Waals surface area contributed by atoms with E-state index in [0.29, 0.717) is 21.6 Å². The van der Waals surface area contributed by atoms with Gasteiger partial charge in [-0.25, -0.2) is 4.79 Å². The molecule has 4 nitrogen and oxygen atoms in total. The molecule has 0 fully saturated rings. The lowest BCUT2D eigenvalue weighted by Crippen LogP contribution is -2.30. The van der Waals surface area contributed by atoms with Gasteiger partial charge in [0.2, 0.25) is 0 Å². The molecule has 3 rings (SSSR count). The van der Waals surface area contributed by atoms with E-state index >= 15 is 0 Å². The molecule has 27 heavy (non-hydrogen) atoms. The minimum atomic E-state index is -0.436. The molecule has 0 bridgehead atoms. The average molecular weight is 439 g/mol. The minimum Gasteiger partial charge on any atom is -0.465 e. The number of rotatable bonds is 5. The first kappa shape index (κ1) is 19.9. The van der Waals surface area contributed by atoms with Gasteiger partial charge >= 0.3 is 5.97 Å². The average Bonchev–Trinajstić information content (AvgIpc) is 2.97. The zero-order chi connectivity index (χ0) is 19.4. The van der Waals surface area contributed by atoms with E-state index < -0.39 is 5.97 Å². The fourth-order valence-corrected chi connectivity index (χ4v) is 4.45. The van der Waals surface area contributed by atoms with Crippen LogP contribution in [0.3, 0.4) is 0 Å². The number of hydrogen-bond acceptors (Lipinski definition) is 4. The van der Waals surface area contributed by atoms with Gasteiger partial charge in [0.25, 0.3) is 0 Å². The van der Waals surface area contributed by atoms with Crippen LogP contribution in [0.25, 0.3) is 10.1 Å². The number of anilines is 1. The first-order valence-corrected chi connectivity index (χ1v) is 10.1. The maximum Gasteiger partial charge on any atom is 0.349 e. The third kappa shape index (κ3) is 4.90. The number of halogens is 2. The number of thiocarbonyl (C=S) groups is 1. The Morgan fingerprint density at radius 2 is 2.04 bits per heavy atom. The Bertz CT molecular complexity index is 1000. The van der Waals surface area contributed by atoms with Crippen LogP contribution in [0.4, 0.5) is 5.69 Å². The van der Waals surface area contributed by atoms with Crippen molar-refractivity contribution in [2.45, 2.75) is 6.42 Å². The molecule has 2 N–H and O–H groups in total. The van der Waals surface area contributed by atoms with E-state index in [1.165, 1.54) is 18.4 Å². The van der Waals surface area contributed by atoms with Crippen LogP contribution < -0.4 is 10.6 Å². The van der Waals surface area contributed by atoms with Crippen LogP contribution >= 0.6 is 46.8 Å². The molecule has 0 saturated heterocycles. The summed E-state index contributed by atoms with van der Waals surface area (Å²) in [6, 6.07) is 13.4. The van der Waals surface area contributed by atoms with Crippen LogP contribution in [-0.2, 0) is 11.2 Å². The van der Waals surface area contributed by atoms with Crippen LogP contribution in [0.1, 0.15) is 15.2 Å². The van der Waals surface area contributed by atoms with Gasteiger partial charge in [-0.2, -0.15) is 0 Å². The number of benzene rings is 2. The van der Waals surface area contributed by atoms with Gasteiger partial charge in [0.1, 0.15) is 4.88 Å². The van der Waals surface area contributed by atoms with Crippen molar-refractivity contribution in [3.05, 3.63) is 63.0 Å². The molecule has 0 amide bonds. The Labute approximate surface area is 176 Å². The van der Waals surface area contributed by atoms with Crippen LogP contribution in [0, 0.1) is 0 Å². The molecule has 0 radical (unpaired) electrons. The number of carbonyl (C=O) groups is 1. The molecule has 0 atom stereocenters. The quantitative estimate of drug-likeness (QED) is 0.405. The summed E-state index contributed by atoms with van der Waals surface area (Å²) in [5, 5.41) is 8.79. The van der Waals surface area contributed by atoms with Crippen LogP contribution in [0.2, 0.25) is 10.0 Å². The van der Waals surface area contributed by atoms with E-state index in [4.69, 9.17) is 40.2 Å². The molecule has 1 aromatic heterocycles. The molecule has 0 spiro atoms. The second-order valence-electron chi connectivity index (χ2n) is 5.71. The van der Waals surface area contributed by atoms with Gasteiger partial charge in [-0.3, -0.25) is 0 Å². The molecular formula is C19H16Cl2N2O2S2. The van der Waals surface area contributed by atoms with Gasteiger partial charge in [0.15, 0.2) is 5.11 Å². The van der Waals surface area contributed by atoms with Gasteiger partial charge in [-0.15, -0.1) is 11.3 Å². The molecule has 0 aliphatic rings. The van der Waals surface area contributed by atoms with Crippen molar-refractivity contribution in [3.8, 4) is 0 Å². The lowest BCUT2D eigenvalue weighted by molar-refractivity contribution is 0.0606. The number of carbonyl (C=O) groups excluding carboxylic acids is 1. The van der Waals surface area contributed by atoms with Crippen LogP contribution in [-0.4, -0.2) is 24.7 Å². The minimum absolute atomic E-state index is 0.397. The highest BCUT2D eigenvalue weighted by atomic mass is 35.5.